The van der Waals surface area contributed by atoms with E-state index in [4.69, 9.17) is 5.84 Å². The highest BCUT2D eigenvalue weighted by Gasteiger charge is 2.25. The third-order valence-electron chi connectivity index (χ3n) is 3.11. The Morgan fingerprint density at radius 1 is 1.53 bits per heavy atom. The molecule has 1 saturated carbocycles. The molecule has 0 amide bonds. The normalized spacial score (nSPS) is 14.5. The standard InChI is InChI=1S/C11H18N6O2/c1-16(8-2-3-8)5-4-13-10-6-9(17(18)19)7-11(14-10)15-12/h6-8H,2-5,12H2,1H3,(H2,13,14,15). The summed E-state index contributed by atoms with van der Waals surface area (Å²) in [6, 6.07) is 3.39. The van der Waals surface area contributed by atoms with Crippen LogP contribution >= 0.6 is 0 Å². The molecule has 0 unspecified atom stereocenters. The zero-order chi connectivity index (χ0) is 13.8. The molecule has 0 atom stereocenters. The number of hydrazine groups is 1. The quantitative estimate of drug-likeness (QED) is 0.380. The predicted octanol–water partition coefficient (Wildman–Crippen LogP) is 0.781. The van der Waals surface area contributed by atoms with Gasteiger partial charge >= 0.3 is 0 Å². The van der Waals surface area contributed by atoms with Crippen LogP contribution in [0.25, 0.3) is 0 Å². The minimum Gasteiger partial charge on any atom is -0.369 e. The molecule has 1 fully saturated rings. The van der Waals surface area contributed by atoms with Crippen molar-refractivity contribution < 1.29 is 4.92 Å². The Balaban J connectivity index is 1.94. The number of aromatic nitrogens is 1. The van der Waals surface area contributed by atoms with Crippen molar-refractivity contribution in [3.63, 3.8) is 0 Å². The molecule has 1 aromatic rings. The summed E-state index contributed by atoms with van der Waals surface area (Å²) in [4.78, 5) is 16.7. The number of hydrogen-bond donors (Lipinski definition) is 3. The minimum atomic E-state index is -0.468. The third-order valence-corrected chi connectivity index (χ3v) is 3.11. The maximum absolute atomic E-state index is 10.8. The van der Waals surface area contributed by atoms with Crippen molar-refractivity contribution in [2.24, 2.45) is 5.84 Å². The second kappa shape index (κ2) is 5.81. The molecule has 2 rings (SSSR count). The number of nitro groups is 1. The molecule has 1 aliphatic carbocycles. The zero-order valence-corrected chi connectivity index (χ0v) is 10.8. The summed E-state index contributed by atoms with van der Waals surface area (Å²) in [6.45, 7) is 1.56. The number of nitrogens with one attached hydrogen (secondary N) is 2. The predicted molar refractivity (Wildman–Crippen MR) is 72.8 cm³/mol. The highest BCUT2D eigenvalue weighted by atomic mass is 16.6. The van der Waals surface area contributed by atoms with Gasteiger partial charge in [-0.2, -0.15) is 0 Å². The molecule has 1 heterocycles. The van der Waals surface area contributed by atoms with E-state index >= 15 is 0 Å². The summed E-state index contributed by atoms with van der Waals surface area (Å²) in [5, 5.41) is 13.8. The number of nitrogen functional groups attached to an aromatic ring is 1. The fraction of sp³-hybridized carbons (Fsp3) is 0.545. The molecule has 0 saturated heterocycles. The zero-order valence-electron chi connectivity index (χ0n) is 10.8. The van der Waals surface area contributed by atoms with Crippen molar-refractivity contribution in [1.82, 2.24) is 9.88 Å². The second-order valence-corrected chi connectivity index (χ2v) is 4.64. The topological polar surface area (TPSA) is 109 Å². The number of pyridine rings is 1. The second-order valence-electron chi connectivity index (χ2n) is 4.64. The van der Waals surface area contributed by atoms with Gasteiger partial charge in [-0.05, 0) is 19.9 Å². The first-order valence-corrected chi connectivity index (χ1v) is 6.17. The van der Waals surface area contributed by atoms with Crippen molar-refractivity contribution in [3.8, 4) is 0 Å². The lowest BCUT2D eigenvalue weighted by atomic mass is 10.3. The van der Waals surface area contributed by atoms with Gasteiger partial charge in [0.05, 0.1) is 17.1 Å². The Morgan fingerprint density at radius 2 is 2.21 bits per heavy atom. The van der Waals surface area contributed by atoms with Crippen LogP contribution in [0.1, 0.15) is 12.8 Å². The molecule has 0 bridgehead atoms. The van der Waals surface area contributed by atoms with Gasteiger partial charge in [0.1, 0.15) is 11.6 Å². The Hall–Kier alpha value is -1.93. The molecule has 1 aromatic heterocycles. The number of nitrogens with zero attached hydrogens (tertiary/aromatic N) is 3. The molecule has 1 aliphatic rings. The Morgan fingerprint density at radius 3 is 2.79 bits per heavy atom. The Bertz CT molecular complexity index is 462. The Kier molecular flexibility index (Phi) is 4.13. The molecule has 4 N–H and O–H groups in total. The van der Waals surface area contributed by atoms with E-state index in [0.717, 1.165) is 6.54 Å². The average molecular weight is 266 g/mol. The molecular formula is C11H18N6O2. The number of hydrogen-bond acceptors (Lipinski definition) is 7. The highest BCUT2D eigenvalue weighted by molar-refractivity contribution is 5.54. The summed E-state index contributed by atoms with van der Waals surface area (Å²) < 4.78 is 0. The van der Waals surface area contributed by atoms with Crippen molar-refractivity contribution in [3.05, 3.63) is 22.2 Å². The smallest absolute Gasteiger partial charge is 0.276 e. The van der Waals surface area contributed by atoms with Crippen LogP contribution in [0, 0.1) is 10.1 Å². The first kappa shape index (κ1) is 13.5. The molecule has 0 radical (unpaired) electrons. The van der Waals surface area contributed by atoms with Crippen molar-refractivity contribution in [2.75, 3.05) is 30.9 Å². The van der Waals surface area contributed by atoms with Crippen LogP contribution < -0.4 is 16.6 Å². The molecule has 0 aliphatic heterocycles. The first-order valence-electron chi connectivity index (χ1n) is 6.17. The first-order chi connectivity index (χ1) is 9.10. The van der Waals surface area contributed by atoms with E-state index < -0.39 is 4.92 Å². The lowest BCUT2D eigenvalue weighted by Gasteiger charge is -2.16. The van der Waals surface area contributed by atoms with Crippen molar-refractivity contribution in [1.29, 1.82) is 0 Å². The van der Waals surface area contributed by atoms with Crippen LogP contribution in [0.5, 0.6) is 0 Å². The van der Waals surface area contributed by atoms with Crippen LogP contribution in [0.15, 0.2) is 12.1 Å². The maximum Gasteiger partial charge on any atom is 0.276 e. The largest absolute Gasteiger partial charge is 0.369 e. The molecular weight excluding hydrogens is 248 g/mol. The maximum atomic E-state index is 10.8. The van der Waals surface area contributed by atoms with Crippen LogP contribution in [0.4, 0.5) is 17.3 Å². The molecule has 8 nitrogen and oxygen atoms in total. The summed E-state index contributed by atoms with van der Waals surface area (Å²) in [6.07, 6.45) is 2.51. The van der Waals surface area contributed by atoms with Gasteiger partial charge in [0.15, 0.2) is 0 Å². The summed E-state index contributed by atoms with van der Waals surface area (Å²) in [5.41, 5.74) is 2.28. The van der Waals surface area contributed by atoms with Crippen LogP contribution in [0.3, 0.4) is 0 Å². The summed E-state index contributed by atoms with van der Waals surface area (Å²) >= 11 is 0. The van der Waals surface area contributed by atoms with Gasteiger partial charge in [0.2, 0.25) is 0 Å². The van der Waals surface area contributed by atoms with E-state index in [2.05, 4.69) is 27.7 Å². The van der Waals surface area contributed by atoms with E-state index in [1.165, 1.54) is 25.0 Å². The number of anilines is 2. The lowest BCUT2D eigenvalue weighted by Crippen LogP contribution is -2.27. The van der Waals surface area contributed by atoms with Gasteiger partial charge in [-0.1, -0.05) is 0 Å². The van der Waals surface area contributed by atoms with E-state index in [-0.39, 0.29) is 11.5 Å². The van der Waals surface area contributed by atoms with Gasteiger partial charge in [-0.25, -0.2) is 10.8 Å². The molecule has 104 valence electrons. The summed E-state index contributed by atoms with van der Waals surface area (Å²) in [7, 11) is 2.08. The number of nitrogens with two attached hydrogens (primary N) is 1. The van der Waals surface area contributed by atoms with Crippen LogP contribution in [0.2, 0.25) is 0 Å². The average Bonchev–Trinajstić information content (AvgIpc) is 3.22. The van der Waals surface area contributed by atoms with E-state index in [1.54, 1.807) is 0 Å². The summed E-state index contributed by atoms with van der Waals surface area (Å²) in [5.74, 6) is 5.96. The van der Waals surface area contributed by atoms with Crippen molar-refractivity contribution >= 4 is 17.3 Å². The fourth-order valence-electron chi connectivity index (χ4n) is 1.84. The number of rotatable bonds is 7. The van der Waals surface area contributed by atoms with Gasteiger partial charge < -0.3 is 15.6 Å². The van der Waals surface area contributed by atoms with E-state index in [9.17, 15) is 10.1 Å². The molecule has 0 aromatic carbocycles. The monoisotopic (exact) mass is 266 g/mol. The van der Waals surface area contributed by atoms with E-state index in [1.807, 2.05) is 0 Å². The van der Waals surface area contributed by atoms with Crippen LogP contribution in [-0.2, 0) is 0 Å². The van der Waals surface area contributed by atoms with Gasteiger partial charge in [-0.3, -0.25) is 10.1 Å². The highest BCUT2D eigenvalue weighted by Crippen LogP contribution is 2.25. The van der Waals surface area contributed by atoms with Gasteiger partial charge in [0.25, 0.3) is 5.69 Å². The van der Waals surface area contributed by atoms with Crippen LogP contribution in [-0.4, -0.2) is 41.0 Å². The molecule has 0 spiro atoms. The van der Waals surface area contributed by atoms with Crippen molar-refractivity contribution in [2.45, 2.75) is 18.9 Å². The molecule has 8 heteroatoms. The van der Waals surface area contributed by atoms with E-state index in [0.29, 0.717) is 18.4 Å². The number of likely N-dealkylation sites (N-methyl/N-ethyl adjacent to an activating group) is 1. The minimum absolute atomic E-state index is 0.0407. The van der Waals surface area contributed by atoms with Gasteiger partial charge in [-0.15, -0.1) is 0 Å². The lowest BCUT2D eigenvalue weighted by molar-refractivity contribution is -0.384. The SMILES string of the molecule is CN(CCNc1cc([N+](=O)[O-])cc(NN)n1)C1CC1. The fourth-order valence-corrected chi connectivity index (χ4v) is 1.84. The third kappa shape index (κ3) is 3.76. The van der Waals surface area contributed by atoms with Gasteiger partial charge in [0, 0.05) is 19.1 Å². The Labute approximate surface area is 111 Å². The molecule has 19 heavy (non-hydrogen) atoms.